The summed E-state index contributed by atoms with van der Waals surface area (Å²) in [4.78, 5) is 15.0. The minimum Gasteiger partial charge on any atom is -0.492 e. The van der Waals surface area contributed by atoms with Gasteiger partial charge in [-0.15, -0.1) is 0 Å². The number of nitrogens with zero attached hydrogens (tertiary/aromatic N) is 2. The van der Waals surface area contributed by atoms with Gasteiger partial charge in [-0.2, -0.15) is 5.26 Å². The normalized spacial score (nSPS) is 21.4. The second kappa shape index (κ2) is 16.2. The number of ether oxygens (including phenoxy) is 1. The molecule has 9 heteroatoms. The van der Waals surface area contributed by atoms with Crippen LogP contribution >= 0.6 is 11.6 Å². The summed E-state index contributed by atoms with van der Waals surface area (Å²) in [5.41, 5.74) is 4.49. The van der Waals surface area contributed by atoms with Crippen molar-refractivity contribution in [1.82, 2.24) is 10.2 Å². The number of carbonyl (C=O) groups excluding carboxylic acids is 1. The zero-order valence-electron chi connectivity index (χ0n) is 26.3. The number of amides is 1. The van der Waals surface area contributed by atoms with E-state index in [-0.39, 0.29) is 23.9 Å². The SMILES string of the molecule is CCCC1Nc2cc(OCC)c(NC(=O)CCCN(C)C)cc2C(Nc2ccc(CCC3CCCCN3)c(Cl)c2)C1C#N. The first-order valence-electron chi connectivity index (χ1n) is 16.0. The van der Waals surface area contributed by atoms with Gasteiger partial charge in [0.05, 0.1) is 30.3 Å². The molecule has 8 nitrogen and oxygen atoms in total. The molecule has 1 amide bonds. The number of rotatable bonds is 14. The lowest BCUT2D eigenvalue weighted by Crippen LogP contribution is -2.40. The van der Waals surface area contributed by atoms with Gasteiger partial charge in [-0.3, -0.25) is 4.79 Å². The number of nitrogens with one attached hydrogen (secondary N) is 4. The van der Waals surface area contributed by atoms with E-state index in [2.05, 4.69) is 51.3 Å². The van der Waals surface area contributed by atoms with Crippen molar-refractivity contribution < 1.29 is 9.53 Å². The Morgan fingerprint density at radius 1 is 1.19 bits per heavy atom. The lowest BCUT2D eigenvalue weighted by molar-refractivity contribution is -0.116. The molecule has 0 spiro atoms. The molecule has 0 aliphatic carbocycles. The fourth-order valence-electron chi connectivity index (χ4n) is 6.25. The predicted molar refractivity (Wildman–Crippen MR) is 177 cm³/mol. The highest BCUT2D eigenvalue weighted by Gasteiger charge is 2.37. The van der Waals surface area contributed by atoms with Crippen LogP contribution in [0.4, 0.5) is 17.1 Å². The Balaban J connectivity index is 1.60. The van der Waals surface area contributed by atoms with Gasteiger partial charge in [-0.05, 0) is 96.4 Å². The fraction of sp³-hybridized carbons (Fsp3) is 0.588. The molecule has 0 radical (unpaired) electrons. The van der Waals surface area contributed by atoms with Crippen LogP contribution in [-0.2, 0) is 11.2 Å². The summed E-state index contributed by atoms with van der Waals surface area (Å²) in [7, 11) is 4.00. The van der Waals surface area contributed by atoms with Gasteiger partial charge in [0.25, 0.3) is 0 Å². The standard InChI is InChI=1S/C34H49ClN6O2/c1-5-10-29-27(22-36)34(38-25-16-14-23(28(35)19-25)13-15-24-11-7-8-17-37-24)26-20-31(32(43-6-2)21-30(26)39-29)40-33(42)12-9-18-41(3)4/h14,16,19-21,24,27,29,34,37-39H,5-13,15,17-18H2,1-4H3,(H,40,42). The van der Waals surface area contributed by atoms with Crippen molar-refractivity contribution >= 4 is 34.6 Å². The van der Waals surface area contributed by atoms with E-state index in [1.165, 1.54) is 19.3 Å². The number of fused-ring (bicyclic) bond motifs is 1. The van der Waals surface area contributed by atoms with E-state index in [0.29, 0.717) is 30.5 Å². The smallest absolute Gasteiger partial charge is 0.224 e. The first-order valence-corrected chi connectivity index (χ1v) is 16.4. The number of halogens is 1. The van der Waals surface area contributed by atoms with E-state index in [4.69, 9.17) is 16.3 Å². The van der Waals surface area contributed by atoms with Crippen LogP contribution in [0.5, 0.6) is 5.75 Å². The Morgan fingerprint density at radius 3 is 2.70 bits per heavy atom. The number of piperidine rings is 1. The van der Waals surface area contributed by atoms with Gasteiger partial charge in [-0.25, -0.2) is 0 Å². The van der Waals surface area contributed by atoms with Crippen LogP contribution in [0.15, 0.2) is 30.3 Å². The zero-order chi connectivity index (χ0) is 30.8. The summed E-state index contributed by atoms with van der Waals surface area (Å²) in [6.07, 6.45) is 8.79. The number of benzene rings is 2. The summed E-state index contributed by atoms with van der Waals surface area (Å²) >= 11 is 6.81. The topological polar surface area (TPSA) is 101 Å². The maximum Gasteiger partial charge on any atom is 0.224 e. The molecule has 2 aliphatic heterocycles. The molecule has 0 bridgehead atoms. The van der Waals surface area contributed by atoms with E-state index in [9.17, 15) is 10.1 Å². The number of anilines is 3. The lowest BCUT2D eigenvalue weighted by Gasteiger charge is -2.38. The fourth-order valence-corrected chi connectivity index (χ4v) is 6.52. The third-order valence-electron chi connectivity index (χ3n) is 8.50. The van der Waals surface area contributed by atoms with Gasteiger partial charge >= 0.3 is 0 Å². The van der Waals surface area contributed by atoms with Gasteiger partial charge in [0, 0.05) is 46.5 Å². The summed E-state index contributed by atoms with van der Waals surface area (Å²) in [5.74, 6) is 0.242. The van der Waals surface area contributed by atoms with Crippen LogP contribution in [-0.4, -0.2) is 56.7 Å². The third kappa shape index (κ3) is 9.01. The average Bonchev–Trinajstić information content (AvgIpc) is 2.98. The zero-order valence-corrected chi connectivity index (χ0v) is 27.0. The van der Waals surface area contributed by atoms with Gasteiger partial charge in [0.2, 0.25) is 5.91 Å². The van der Waals surface area contributed by atoms with Gasteiger partial charge < -0.3 is 30.9 Å². The first-order chi connectivity index (χ1) is 20.8. The van der Waals surface area contributed by atoms with Crippen LogP contribution in [0, 0.1) is 17.2 Å². The highest BCUT2D eigenvalue weighted by atomic mass is 35.5. The van der Waals surface area contributed by atoms with Crippen molar-refractivity contribution in [2.45, 2.75) is 89.8 Å². The van der Waals surface area contributed by atoms with Crippen LogP contribution < -0.4 is 26.0 Å². The molecule has 2 aromatic carbocycles. The predicted octanol–water partition coefficient (Wildman–Crippen LogP) is 6.98. The first kappa shape index (κ1) is 32.9. The number of hydrogen-bond donors (Lipinski definition) is 4. The molecular weight excluding hydrogens is 560 g/mol. The molecule has 43 heavy (non-hydrogen) atoms. The minimum absolute atomic E-state index is 0.0290. The van der Waals surface area contributed by atoms with Crippen molar-refractivity contribution in [3.8, 4) is 11.8 Å². The quantitative estimate of drug-likeness (QED) is 0.183. The van der Waals surface area contributed by atoms with Crippen molar-refractivity contribution in [3.05, 3.63) is 46.5 Å². The molecule has 0 saturated carbocycles. The van der Waals surface area contributed by atoms with Crippen LogP contribution in [0.25, 0.3) is 0 Å². The molecule has 4 rings (SSSR count). The molecule has 1 fully saturated rings. The molecule has 4 unspecified atom stereocenters. The lowest BCUT2D eigenvalue weighted by atomic mass is 9.81. The number of hydrogen-bond acceptors (Lipinski definition) is 7. The minimum atomic E-state index is -0.329. The van der Waals surface area contributed by atoms with Crippen molar-refractivity contribution in [2.24, 2.45) is 5.92 Å². The Bertz CT molecular complexity index is 1260. The van der Waals surface area contributed by atoms with E-state index in [0.717, 1.165) is 72.7 Å². The van der Waals surface area contributed by atoms with Crippen molar-refractivity contribution in [2.75, 3.05) is 49.7 Å². The molecule has 0 aromatic heterocycles. The Kier molecular flexibility index (Phi) is 12.4. The van der Waals surface area contributed by atoms with Gasteiger partial charge in [0.1, 0.15) is 5.75 Å². The number of nitriles is 1. The van der Waals surface area contributed by atoms with Gasteiger partial charge in [0.15, 0.2) is 0 Å². The summed E-state index contributed by atoms with van der Waals surface area (Å²) in [5, 5.41) is 25.1. The summed E-state index contributed by atoms with van der Waals surface area (Å²) < 4.78 is 5.97. The second-order valence-corrected chi connectivity index (χ2v) is 12.5. The van der Waals surface area contributed by atoms with E-state index in [1.807, 2.05) is 39.2 Å². The van der Waals surface area contributed by atoms with E-state index >= 15 is 0 Å². The number of carbonyl (C=O) groups is 1. The summed E-state index contributed by atoms with van der Waals surface area (Å²) in [6, 6.07) is 12.9. The van der Waals surface area contributed by atoms with Crippen LogP contribution in [0.3, 0.4) is 0 Å². The van der Waals surface area contributed by atoms with Crippen molar-refractivity contribution in [1.29, 1.82) is 5.26 Å². The molecule has 4 atom stereocenters. The maximum atomic E-state index is 12.9. The highest BCUT2D eigenvalue weighted by Crippen LogP contribution is 2.44. The molecular formula is C34H49ClN6O2. The molecule has 1 saturated heterocycles. The Morgan fingerprint density at radius 2 is 2.02 bits per heavy atom. The monoisotopic (exact) mass is 608 g/mol. The Labute approximate surface area is 262 Å². The molecule has 2 heterocycles. The van der Waals surface area contributed by atoms with Crippen molar-refractivity contribution in [3.63, 3.8) is 0 Å². The summed E-state index contributed by atoms with van der Waals surface area (Å²) in [6.45, 7) is 6.49. The van der Waals surface area contributed by atoms with E-state index < -0.39 is 0 Å². The molecule has 2 aromatic rings. The second-order valence-electron chi connectivity index (χ2n) is 12.1. The largest absolute Gasteiger partial charge is 0.492 e. The average molecular weight is 609 g/mol. The van der Waals surface area contributed by atoms with Crippen LogP contribution in [0.2, 0.25) is 5.02 Å². The Hall–Kier alpha value is -2.99. The van der Waals surface area contributed by atoms with Gasteiger partial charge in [-0.1, -0.05) is 37.4 Å². The highest BCUT2D eigenvalue weighted by molar-refractivity contribution is 6.31. The molecule has 234 valence electrons. The van der Waals surface area contributed by atoms with Crippen LogP contribution in [0.1, 0.15) is 82.4 Å². The number of aryl methyl sites for hydroxylation is 1. The molecule has 4 N–H and O–H groups in total. The maximum absolute atomic E-state index is 12.9. The van der Waals surface area contributed by atoms with E-state index in [1.54, 1.807) is 0 Å². The molecule has 2 aliphatic rings. The third-order valence-corrected chi connectivity index (χ3v) is 8.85.